The average Bonchev–Trinajstić information content (AvgIpc) is 2.38. The molecule has 0 unspecified atom stereocenters. The lowest BCUT2D eigenvalue weighted by Crippen LogP contribution is -2.42. The van der Waals surface area contributed by atoms with Gasteiger partial charge in [0.05, 0.1) is 0 Å². The molecule has 1 rings (SSSR count). The van der Waals surface area contributed by atoms with Gasteiger partial charge in [-0.3, -0.25) is 5.84 Å². The van der Waals surface area contributed by atoms with Crippen molar-refractivity contribution in [3.05, 3.63) is 0 Å². The summed E-state index contributed by atoms with van der Waals surface area (Å²) in [6, 6.07) is 0. The van der Waals surface area contributed by atoms with Gasteiger partial charge in [-0.2, -0.15) is 12.7 Å². The highest BCUT2D eigenvalue weighted by Crippen LogP contribution is 2.09. The van der Waals surface area contributed by atoms with E-state index in [-0.39, 0.29) is 0 Å². The van der Waals surface area contributed by atoms with Crippen molar-refractivity contribution in [1.29, 1.82) is 0 Å². The molecule has 3 N–H and O–H groups in total. The van der Waals surface area contributed by atoms with Crippen molar-refractivity contribution in [2.45, 2.75) is 12.8 Å². The van der Waals surface area contributed by atoms with Gasteiger partial charge in [0.2, 0.25) is 0 Å². The van der Waals surface area contributed by atoms with E-state index in [1.807, 2.05) is 0 Å². The summed E-state index contributed by atoms with van der Waals surface area (Å²) in [5.74, 6) is 4.81. The monoisotopic (exact) mass is 165 g/mol. The first-order valence-electron chi connectivity index (χ1n) is 3.14. The zero-order valence-corrected chi connectivity index (χ0v) is 6.39. The Morgan fingerprint density at radius 1 is 1.30 bits per heavy atom. The van der Waals surface area contributed by atoms with E-state index >= 15 is 0 Å². The molecular formula is C4H11N3O2S. The lowest BCUT2D eigenvalue weighted by Gasteiger charge is -2.12. The first-order chi connectivity index (χ1) is 4.67. The van der Waals surface area contributed by atoms with E-state index in [4.69, 9.17) is 5.84 Å². The van der Waals surface area contributed by atoms with Gasteiger partial charge in [-0.25, -0.2) is 0 Å². The second-order valence-corrected chi connectivity index (χ2v) is 3.93. The fourth-order valence-electron chi connectivity index (χ4n) is 1.00. The highest BCUT2D eigenvalue weighted by Gasteiger charge is 2.23. The van der Waals surface area contributed by atoms with Crippen molar-refractivity contribution < 1.29 is 8.42 Å². The lowest BCUT2D eigenvalue weighted by atomic mass is 10.4. The molecule has 60 valence electrons. The van der Waals surface area contributed by atoms with Gasteiger partial charge in [-0.05, 0) is 12.8 Å². The zero-order chi connectivity index (χ0) is 7.61. The summed E-state index contributed by atoms with van der Waals surface area (Å²) in [5, 5.41) is 0. The summed E-state index contributed by atoms with van der Waals surface area (Å²) < 4.78 is 23.1. The molecule has 0 spiro atoms. The predicted molar refractivity (Wildman–Crippen MR) is 37.0 cm³/mol. The molecule has 1 aliphatic heterocycles. The standard InChI is InChI=1S/C4H11N3O2S/c5-6-10(8,9)7-3-1-2-4-7/h6H,1-5H2. The van der Waals surface area contributed by atoms with Crippen LogP contribution in [0.1, 0.15) is 12.8 Å². The molecule has 0 radical (unpaired) electrons. The molecule has 10 heavy (non-hydrogen) atoms. The maximum atomic E-state index is 10.9. The molecule has 0 amide bonds. The van der Waals surface area contributed by atoms with E-state index in [0.29, 0.717) is 13.1 Å². The van der Waals surface area contributed by atoms with E-state index in [1.54, 1.807) is 4.83 Å². The summed E-state index contributed by atoms with van der Waals surface area (Å²) in [5.41, 5.74) is 0. The summed E-state index contributed by atoms with van der Waals surface area (Å²) >= 11 is 0. The third-order valence-electron chi connectivity index (χ3n) is 1.55. The normalized spacial score (nSPS) is 21.7. The van der Waals surface area contributed by atoms with Crippen LogP contribution in [0.4, 0.5) is 0 Å². The van der Waals surface area contributed by atoms with Crippen molar-refractivity contribution >= 4 is 10.2 Å². The first-order valence-corrected chi connectivity index (χ1v) is 4.58. The van der Waals surface area contributed by atoms with Crippen LogP contribution in [0, 0.1) is 0 Å². The molecule has 6 heteroatoms. The van der Waals surface area contributed by atoms with E-state index in [1.165, 1.54) is 4.31 Å². The molecule has 5 nitrogen and oxygen atoms in total. The van der Waals surface area contributed by atoms with Gasteiger partial charge in [0.1, 0.15) is 0 Å². The molecule has 1 aliphatic rings. The van der Waals surface area contributed by atoms with E-state index in [9.17, 15) is 8.42 Å². The maximum absolute atomic E-state index is 10.9. The van der Waals surface area contributed by atoms with Crippen molar-refractivity contribution in [2.75, 3.05) is 13.1 Å². The Hall–Kier alpha value is -0.170. The molecule has 1 saturated heterocycles. The van der Waals surface area contributed by atoms with Crippen LogP contribution in [0.5, 0.6) is 0 Å². The smallest absolute Gasteiger partial charge is 0.257 e. The van der Waals surface area contributed by atoms with Crippen LogP contribution in [-0.2, 0) is 10.2 Å². The number of rotatable bonds is 2. The molecule has 0 aliphatic carbocycles. The maximum Gasteiger partial charge on any atom is 0.292 e. The van der Waals surface area contributed by atoms with Crippen LogP contribution in [-0.4, -0.2) is 25.8 Å². The Labute approximate surface area is 60.3 Å². The minimum Gasteiger partial charge on any atom is -0.257 e. The molecule has 0 bridgehead atoms. The van der Waals surface area contributed by atoms with Crippen LogP contribution in [0.2, 0.25) is 0 Å². The Morgan fingerprint density at radius 2 is 1.80 bits per heavy atom. The SMILES string of the molecule is NNS(=O)(=O)N1CCCC1. The summed E-state index contributed by atoms with van der Waals surface area (Å²) in [6.45, 7) is 1.18. The molecule has 0 aromatic heterocycles. The fourth-order valence-corrected chi connectivity index (χ4v) is 1.89. The van der Waals surface area contributed by atoms with Crippen molar-refractivity contribution in [3.8, 4) is 0 Å². The molecule has 1 heterocycles. The van der Waals surface area contributed by atoms with Crippen molar-refractivity contribution in [3.63, 3.8) is 0 Å². The molecular weight excluding hydrogens is 154 g/mol. The van der Waals surface area contributed by atoms with E-state index in [0.717, 1.165) is 12.8 Å². The van der Waals surface area contributed by atoms with Gasteiger partial charge in [-0.15, -0.1) is 4.83 Å². The zero-order valence-electron chi connectivity index (χ0n) is 5.58. The van der Waals surface area contributed by atoms with Crippen molar-refractivity contribution in [1.82, 2.24) is 9.14 Å². The number of hydrazine groups is 1. The Bertz CT molecular complexity index is 195. The van der Waals surface area contributed by atoms with Crippen LogP contribution in [0.25, 0.3) is 0 Å². The second kappa shape index (κ2) is 2.83. The Kier molecular flexibility index (Phi) is 2.24. The number of nitrogens with two attached hydrogens (primary N) is 1. The third-order valence-corrected chi connectivity index (χ3v) is 2.90. The third kappa shape index (κ3) is 1.46. The number of hydrogen-bond donors (Lipinski definition) is 2. The number of hydrogen-bond acceptors (Lipinski definition) is 3. The summed E-state index contributed by atoms with van der Waals surface area (Å²) in [4.78, 5) is 1.78. The fraction of sp³-hybridized carbons (Fsp3) is 1.00. The predicted octanol–water partition coefficient (Wildman–Crippen LogP) is -1.21. The summed E-state index contributed by atoms with van der Waals surface area (Å²) in [7, 11) is -3.34. The van der Waals surface area contributed by atoms with Gasteiger partial charge in [0, 0.05) is 13.1 Å². The van der Waals surface area contributed by atoms with E-state index in [2.05, 4.69) is 0 Å². The van der Waals surface area contributed by atoms with Gasteiger partial charge in [-0.1, -0.05) is 0 Å². The van der Waals surface area contributed by atoms with Gasteiger partial charge in [0.15, 0.2) is 0 Å². The molecule has 0 aromatic carbocycles. The quantitative estimate of drug-likeness (QED) is 0.398. The minimum atomic E-state index is -3.34. The molecule has 1 fully saturated rings. The second-order valence-electron chi connectivity index (χ2n) is 2.23. The molecule has 0 aromatic rings. The van der Waals surface area contributed by atoms with Crippen LogP contribution in [0.3, 0.4) is 0 Å². The average molecular weight is 165 g/mol. The number of nitrogens with one attached hydrogen (secondary N) is 1. The van der Waals surface area contributed by atoms with Gasteiger partial charge < -0.3 is 0 Å². The topological polar surface area (TPSA) is 75.4 Å². The van der Waals surface area contributed by atoms with Crippen LogP contribution >= 0.6 is 0 Å². The summed E-state index contributed by atoms with van der Waals surface area (Å²) in [6.07, 6.45) is 1.86. The molecule has 0 saturated carbocycles. The number of nitrogens with zero attached hydrogens (tertiary/aromatic N) is 1. The Morgan fingerprint density at radius 3 is 2.20 bits per heavy atom. The largest absolute Gasteiger partial charge is 0.292 e. The highest BCUT2D eigenvalue weighted by atomic mass is 32.2. The highest BCUT2D eigenvalue weighted by molar-refractivity contribution is 7.87. The molecule has 0 atom stereocenters. The van der Waals surface area contributed by atoms with Crippen LogP contribution < -0.4 is 10.7 Å². The van der Waals surface area contributed by atoms with Crippen LogP contribution in [0.15, 0.2) is 0 Å². The van der Waals surface area contributed by atoms with Gasteiger partial charge in [0.25, 0.3) is 10.2 Å². The van der Waals surface area contributed by atoms with Crippen molar-refractivity contribution in [2.24, 2.45) is 5.84 Å². The minimum absolute atomic E-state index is 0.590. The van der Waals surface area contributed by atoms with Gasteiger partial charge >= 0.3 is 0 Å². The lowest BCUT2D eigenvalue weighted by molar-refractivity contribution is 0.466. The van der Waals surface area contributed by atoms with E-state index < -0.39 is 10.2 Å². The first kappa shape index (κ1) is 7.93. The Balaban J connectivity index is 2.63.